The third kappa shape index (κ3) is 4.30. The lowest BCUT2D eigenvalue weighted by molar-refractivity contribution is -0.138. The summed E-state index contributed by atoms with van der Waals surface area (Å²) in [5, 5.41) is 2.79. The first kappa shape index (κ1) is 18.5. The van der Waals surface area contributed by atoms with E-state index in [1.165, 1.54) is 18.5 Å². The number of nitrogens with zero attached hydrogens (tertiary/aromatic N) is 6. The Morgan fingerprint density at radius 2 is 1.70 bits per heavy atom. The molecule has 2 aromatic rings. The number of piperazine rings is 1. The number of hydrogen-bond acceptors (Lipinski definition) is 7. The van der Waals surface area contributed by atoms with Crippen LogP contribution in [0.5, 0.6) is 0 Å². The van der Waals surface area contributed by atoms with Crippen LogP contribution in [0.2, 0.25) is 0 Å². The van der Waals surface area contributed by atoms with Crippen molar-refractivity contribution in [1.82, 2.24) is 24.8 Å². The predicted octanol–water partition coefficient (Wildman–Crippen LogP) is 1.86. The molecule has 0 aliphatic carbocycles. The molecule has 1 amide bonds. The van der Waals surface area contributed by atoms with E-state index in [2.05, 4.69) is 31.8 Å². The molecule has 1 saturated heterocycles. The largest absolute Gasteiger partial charge is 0.419 e. The van der Waals surface area contributed by atoms with Gasteiger partial charge in [-0.1, -0.05) is 6.58 Å². The first-order chi connectivity index (χ1) is 12.9. The lowest BCUT2D eigenvalue weighted by Crippen LogP contribution is -2.48. The second-order valence-corrected chi connectivity index (χ2v) is 5.66. The molecule has 27 heavy (non-hydrogen) atoms. The molecular formula is C16H16F3N7O. The zero-order valence-electron chi connectivity index (χ0n) is 14.1. The number of carbonyl (C=O) groups is 1. The average molecular weight is 379 g/mol. The molecule has 0 spiro atoms. The normalized spacial score (nSPS) is 14.8. The summed E-state index contributed by atoms with van der Waals surface area (Å²) in [6.45, 7) is 5.53. The third-order valence-electron chi connectivity index (χ3n) is 3.95. The maximum Gasteiger partial charge on any atom is 0.419 e. The van der Waals surface area contributed by atoms with Gasteiger partial charge in [0.2, 0.25) is 11.9 Å². The van der Waals surface area contributed by atoms with Gasteiger partial charge in [-0.25, -0.2) is 19.9 Å². The van der Waals surface area contributed by atoms with Crippen LogP contribution >= 0.6 is 0 Å². The summed E-state index contributed by atoms with van der Waals surface area (Å²) in [7, 11) is 0. The van der Waals surface area contributed by atoms with Gasteiger partial charge in [-0.05, 0) is 6.08 Å². The number of aromatic nitrogens is 4. The molecule has 3 rings (SSSR count). The Hall–Kier alpha value is -3.24. The zero-order chi connectivity index (χ0) is 19.4. The summed E-state index contributed by atoms with van der Waals surface area (Å²) < 4.78 is 37.8. The van der Waals surface area contributed by atoms with Crippen LogP contribution in [0, 0.1) is 0 Å². The minimum absolute atomic E-state index is 0.0229. The average Bonchev–Trinajstić information content (AvgIpc) is 2.68. The lowest BCUT2D eigenvalue weighted by atomic mass is 10.3. The van der Waals surface area contributed by atoms with E-state index in [0.717, 1.165) is 0 Å². The Morgan fingerprint density at radius 3 is 2.30 bits per heavy atom. The van der Waals surface area contributed by atoms with Crippen LogP contribution in [0.15, 0.2) is 37.4 Å². The number of rotatable bonds is 4. The number of halogens is 3. The number of carbonyl (C=O) groups excluding carboxylic acids is 1. The van der Waals surface area contributed by atoms with Crippen molar-refractivity contribution in [3.05, 3.63) is 43.0 Å². The topological polar surface area (TPSA) is 87.1 Å². The highest BCUT2D eigenvalue weighted by atomic mass is 19.4. The van der Waals surface area contributed by atoms with Crippen molar-refractivity contribution in [3.63, 3.8) is 0 Å². The van der Waals surface area contributed by atoms with E-state index in [4.69, 9.17) is 0 Å². The fourth-order valence-corrected chi connectivity index (χ4v) is 2.56. The predicted molar refractivity (Wildman–Crippen MR) is 91.3 cm³/mol. The van der Waals surface area contributed by atoms with Gasteiger partial charge in [-0.15, -0.1) is 0 Å². The number of alkyl halides is 3. The fraction of sp³-hybridized carbons (Fsp3) is 0.312. The van der Waals surface area contributed by atoms with Crippen LogP contribution in [-0.4, -0.2) is 56.9 Å². The second kappa shape index (κ2) is 7.56. The summed E-state index contributed by atoms with van der Waals surface area (Å²) in [5.41, 5.74) is -0.935. The van der Waals surface area contributed by atoms with Crippen molar-refractivity contribution >= 4 is 23.5 Å². The molecule has 0 unspecified atom stereocenters. The van der Waals surface area contributed by atoms with Crippen LogP contribution in [0.1, 0.15) is 5.56 Å². The Kier molecular flexibility index (Phi) is 5.19. The van der Waals surface area contributed by atoms with E-state index >= 15 is 0 Å². The highest BCUT2D eigenvalue weighted by molar-refractivity contribution is 5.87. The van der Waals surface area contributed by atoms with Gasteiger partial charge in [0.1, 0.15) is 0 Å². The van der Waals surface area contributed by atoms with Gasteiger partial charge in [0, 0.05) is 51.0 Å². The monoisotopic (exact) mass is 379 g/mol. The number of hydrogen-bond donors (Lipinski definition) is 1. The standard InChI is InChI=1S/C16H16F3N7O/c1-2-12(27)25-5-7-26(8-6-25)14-13(20-3-4-21-14)24-15-22-9-11(10-23-15)16(17,18)19/h2-4,9-10H,1,5-8H2,(H,20,22,23,24). The van der Waals surface area contributed by atoms with E-state index < -0.39 is 11.7 Å². The third-order valence-corrected chi connectivity index (χ3v) is 3.95. The van der Waals surface area contributed by atoms with Gasteiger partial charge in [-0.2, -0.15) is 13.2 Å². The van der Waals surface area contributed by atoms with E-state index in [0.29, 0.717) is 50.2 Å². The minimum Gasteiger partial charge on any atom is -0.350 e. The van der Waals surface area contributed by atoms with Gasteiger partial charge in [0.15, 0.2) is 11.6 Å². The summed E-state index contributed by atoms with van der Waals surface area (Å²) in [6, 6.07) is 0. The Labute approximate surface area is 152 Å². The van der Waals surface area contributed by atoms with Crippen molar-refractivity contribution in [2.45, 2.75) is 6.18 Å². The molecule has 142 valence electrons. The summed E-state index contributed by atoms with van der Waals surface area (Å²) in [4.78, 5) is 31.1. The smallest absolute Gasteiger partial charge is 0.350 e. The molecule has 0 radical (unpaired) electrons. The van der Waals surface area contributed by atoms with Crippen molar-refractivity contribution < 1.29 is 18.0 Å². The van der Waals surface area contributed by atoms with E-state index in [-0.39, 0.29) is 11.9 Å². The molecule has 1 aliphatic rings. The molecule has 0 bridgehead atoms. The van der Waals surface area contributed by atoms with Crippen molar-refractivity contribution in [1.29, 1.82) is 0 Å². The maximum absolute atomic E-state index is 12.6. The Morgan fingerprint density at radius 1 is 1.07 bits per heavy atom. The highest BCUT2D eigenvalue weighted by Gasteiger charge is 2.31. The van der Waals surface area contributed by atoms with Crippen molar-refractivity contribution in [2.24, 2.45) is 0 Å². The molecule has 1 aliphatic heterocycles. The second-order valence-electron chi connectivity index (χ2n) is 5.66. The Bertz CT molecular complexity index is 818. The van der Waals surface area contributed by atoms with E-state index in [1.807, 2.05) is 4.90 Å². The number of nitrogens with one attached hydrogen (secondary N) is 1. The van der Waals surface area contributed by atoms with Crippen LogP contribution in [0.25, 0.3) is 0 Å². The van der Waals surface area contributed by atoms with Gasteiger partial charge < -0.3 is 15.1 Å². The van der Waals surface area contributed by atoms with Gasteiger partial charge in [-0.3, -0.25) is 4.79 Å². The first-order valence-electron chi connectivity index (χ1n) is 8.02. The van der Waals surface area contributed by atoms with Crippen molar-refractivity contribution in [2.75, 3.05) is 36.4 Å². The summed E-state index contributed by atoms with van der Waals surface area (Å²) >= 11 is 0. The molecule has 3 heterocycles. The Balaban J connectivity index is 1.73. The number of anilines is 3. The summed E-state index contributed by atoms with van der Waals surface area (Å²) in [6.07, 6.45) is 1.13. The molecule has 8 nitrogen and oxygen atoms in total. The van der Waals surface area contributed by atoms with Gasteiger partial charge >= 0.3 is 6.18 Å². The lowest BCUT2D eigenvalue weighted by Gasteiger charge is -2.35. The molecule has 0 saturated carbocycles. The highest BCUT2D eigenvalue weighted by Crippen LogP contribution is 2.29. The SMILES string of the molecule is C=CC(=O)N1CCN(c2nccnc2Nc2ncc(C(F)(F)F)cn2)CC1. The molecule has 1 N–H and O–H groups in total. The molecular weight excluding hydrogens is 363 g/mol. The first-order valence-corrected chi connectivity index (χ1v) is 8.02. The van der Waals surface area contributed by atoms with Crippen LogP contribution in [-0.2, 0) is 11.0 Å². The molecule has 1 fully saturated rings. The zero-order valence-corrected chi connectivity index (χ0v) is 14.1. The van der Waals surface area contributed by atoms with Gasteiger partial charge in [0.25, 0.3) is 0 Å². The van der Waals surface area contributed by atoms with E-state index in [1.54, 1.807) is 4.90 Å². The summed E-state index contributed by atoms with van der Waals surface area (Å²) in [5.74, 6) is 0.669. The molecule has 0 atom stereocenters. The van der Waals surface area contributed by atoms with Crippen LogP contribution < -0.4 is 10.2 Å². The molecule has 11 heteroatoms. The number of amides is 1. The molecule has 2 aromatic heterocycles. The van der Waals surface area contributed by atoms with E-state index in [9.17, 15) is 18.0 Å². The minimum atomic E-state index is -4.50. The van der Waals surface area contributed by atoms with Gasteiger partial charge in [0.05, 0.1) is 5.56 Å². The maximum atomic E-state index is 12.6. The quantitative estimate of drug-likeness (QED) is 0.812. The fourth-order valence-electron chi connectivity index (χ4n) is 2.56. The van der Waals surface area contributed by atoms with Crippen molar-refractivity contribution in [3.8, 4) is 0 Å². The molecule has 0 aromatic carbocycles. The van der Waals surface area contributed by atoms with Crippen LogP contribution in [0.3, 0.4) is 0 Å². The van der Waals surface area contributed by atoms with Crippen LogP contribution in [0.4, 0.5) is 30.8 Å².